The van der Waals surface area contributed by atoms with E-state index >= 15 is 4.39 Å². The number of aromatic hydroxyl groups is 1. The van der Waals surface area contributed by atoms with Gasteiger partial charge in [-0.3, -0.25) is 4.79 Å². The standard InChI is InChI=1S/C32H33ClFN7O4/c1-7-21(43)39-11-17(6)40-18(12-39)13-45-29-23-30(37-27(24(29)33)22-19(34)9-8-10-20(22)42)41(32(44)38-31(23)40)28-25(15(2)3)35-14-36-26(28)16(4)5/h7-10,14-18,42H,1,11-13H2,2-6H3. The summed E-state index contributed by atoms with van der Waals surface area (Å²) in [5, 5.41) is 11.1. The largest absolute Gasteiger partial charge is 0.507 e. The van der Waals surface area contributed by atoms with Gasteiger partial charge in [0.1, 0.15) is 46.4 Å². The van der Waals surface area contributed by atoms with Crippen molar-refractivity contribution < 1.29 is 19.0 Å². The van der Waals surface area contributed by atoms with Gasteiger partial charge in [0, 0.05) is 19.1 Å². The molecule has 2 unspecified atom stereocenters. The maximum absolute atomic E-state index is 15.4. The van der Waals surface area contributed by atoms with Gasteiger partial charge in [-0.1, -0.05) is 51.9 Å². The number of carbonyl (C=O) groups is 1. The van der Waals surface area contributed by atoms with Crippen molar-refractivity contribution in [2.45, 2.75) is 58.5 Å². The van der Waals surface area contributed by atoms with E-state index in [1.165, 1.54) is 35.2 Å². The second-order valence-electron chi connectivity index (χ2n) is 12.0. The molecule has 1 saturated heterocycles. The molecule has 1 aromatic carbocycles. The van der Waals surface area contributed by atoms with Crippen LogP contribution in [0.1, 0.15) is 57.8 Å². The van der Waals surface area contributed by atoms with Crippen LogP contribution in [-0.2, 0) is 4.79 Å². The summed E-state index contributed by atoms with van der Waals surface area (Å²) < 4.78 is 23.1. The summed E-state index contributed by atoms with van der Waals surface area (Å²) >= 11 is 6.98. The lowest BCUT2D eigenvalue weighted by molar-refractivity contribution is -0.127. The molecule has 0 spiro atoms. The fourth-order valence-corrected chi connectivity index (χ4v) is 6.57. The molecule has 45 heavy (non-hydrogen) atoms. The van der Waals surface area contributed by atoms with Crippen LogP contribution in [0.25, 0.3) is 28.0 Å². The van der Waals surface area contributed by atoms with Crippen LogP contribution in [0.4, 0.5) is 10.2 Å². The average Bonchev–Trinajstić information content (AvgIpc) is 3.16. The zero-order valence-electron chi connectivity index (χ0n) is 25.6. The number of amides is 1. The van der Waals surface area contributed by atoms with Crippen molar-refractivity contribution >= 4 is 34.4 Å². The number of nitrogens with zero attached hydrogens (tertiary/aromatic N) is 7. The van der Waals surface area contributed by atoms with Crippen molar-refractivity contribution in [1.29, 1.82) is 0 Å². The number of benzene rings is 1. The molecular weight excluding hydrogens is 601 g/mol. The highest BCUT2D eigenvalue weighted by molar-refractivity contribution is 6.36. The number of fused-ring (bicyclic) bond motifs is 2. The highest BCUT2D eigenvalue weighted by Gasteiger charge is 2.40. The van der Waals surface area contributed by atoms with Crippen LogP contribution >= 0.6 is 11.6 Å². The van der Waals surface area contributed by atoms with Crippen LogP contribution in [0.15, 0.2) is 42.0 Å². The Hall–Kier alpha value is -4.58. The molecule has 3 aromatic heterocycles. The summed E-state index contributed by atoms with van der Waals surface area (Å²) in [4.78, 5) is 49.1. The minimum absolute atomic E-state index is 0.0554. The molecule has 6 rings (SSSR count). The minimum atomic E-state index is -0.758. The predicted molar refractivity (Wildman–Crippen MR) is 169 cm³/mol. The van der Waals surface area contributed by atoms with Gasteiger partial charge in [-0.15, -0.1) is 0 Å². The molecular formula is C32H33ClFN7O4. The van der Waals surface area contributed by atoms with Crippen molar-refractivity contribution in [1.82, 2.24) is 29.4 Å². The summed E-state index contributed by atoms with van der Waals surface area (Å²) in [6.45, 7) is 14.1. The molecule has 0 aliphatic carbocycles. The molecule has 11 nitrogen and oxygen atoms in total. The van der Waals surface area contributed by atoms with Gasteiger partial charge < -0.3 is 19.6 Å². The van der Waals surface area contributed by atoms with E-state index in [2.05, 4.69) is 21.5 Å². The first-order valence-electron chi connectivity index (χ1n) is 14.8. The summed E-state index contributed by atoms with van der Waals surface area (Å²) in [6, 6.07) is 3.20. The third-order valence-electron chi connectivity index (χ3n) is 8.26. The third kappa shape index (κ3) is 4.87. The normalized spacial score (nSPS) is 17.8. The lowest BCUT2D eigenvalue weighted by Crippen LogP contribution is -2.61. The lowest BCUT2D eigenvalue weighted by atomic mass is 10.0. The number of phenolic OH excluding ortho intramolecular Hbond substituents is 1. The SMILES string of the molecule is C=CC(=O)N1CC(C)N2c3nc(=O)n(-c4c(C(C)C)ncnc4C(C)C)c4nc(-c5c(O)cccc5F)c(Cl)c(c34)OCC2C1. The number of hydrogen-bond donors (Lipinski definition) is 1. The molecule has 0 saturated carbocycles. The third-order valence-corrected chi connectivity index (χ3v) is 8.61. The Kier molecular flexibility index (Phi) is 7.72. The molecule has 2 aliphatic heterocycles. The average molecular weight is 634 g/mol. The van der Waals surface area contributed by atoms with Gasteiger partial charge in [-0.05, 0) is 37.0 Å². The van der Waals surface area contributed by atoms with E-state index in [0.717, 1.165) is 0 Å². The van der Waals surface area contributed by atoms with E-state index in [1.54, 1.807) is 4.90 Å². The number of pyridine rings is 1. The number of hydrogen-bond acceptors (Lipinski definition) is 9. The first-order chi connectivity index (χ1) is 21.4. The van der Waals surface area contributed by atoms with E-state index in [4.69, 9.17) is 21.3 Å². The number of halogens is 2. The quantitative estimate of drug-likeness (QED) is 0.303. The van der Waals surface area contributed by atoms with E-state index in [-0.39, 0.29) is 76.2 Å². The number of anilines is 1. The van der Waals surface area contributed by atoms with Crippen molar-refractivity contribution in [2.24, 2.45) is 0 Å². The molecule has 5 heterocycles. The van der Waals surface area contributed by atoms with Crippen molar-refractivity contribution in [2.75, 3.05) is 24.6 Å². The van der Waals surface area contributed by atoms with Gasteiger partial charge in [-0.2, -0.15) is 4.98 Å². The fourth-order valence-electron chi connectivity index (χ4n) is 6.28. The predicted octanol–water partition coefficient (Wildman–Crippen LogP) is 4.97. The zero-order chi connectivity index (χ0) is 32.3. The summed E-state index contributed by atoms with van der Waals surface area (Å²) in [7, 11) is 0. The van der Waals surface area contributed by atoms with E-state index < -0.39 is 17.5 Å². The molecule has 2 atom stereocenters. The molecule has 0 bridgehead atoms. The van der Waals surface area contributed by atoms with Crippen molar-refractivity contribution in [3.8, 4) is 28.4 Å². The van der Waals surface area contributed by atoms with Gasteiger partial charge in [0.2, 0.25) is 5.91 Å². The molecule has 0 radical (unpaired) electrons. The Morgan fingerprint density at radius 2 is 1.84 bits per heavy atom. The Balaban J connectivity index is 1.76. The molecule has 1 fully saturated rings. The van der Waals surface area contributed by atoms with Gasteiger partial charge in [-0.25, -0.2) is 28.7 Å². The number of aromatic nitrogens is 5. The Morgan fingerprint density at radius 1 is 1.16 bits per heavy atom. The van der Waals surface area contributed by atoms with Gasteiger partial charge in [0.05, 0.1) is 28.7 Å². The minimum Gasteiger partial charge on any atom is -0.507 e. The molecule has 4 aromatic rings. The van der Waals surface area contributed by atoms with Crippen LogP contribution in [-0.4, -0.2) is 72.2 Å². The first kappa shape index (κ1) is 30.4. The van der Waals surface area contributed by atoms with Crippen LogP contribution < -0.4 is 15.3 Å². The van der Waals surface area contributed by atoms with E-state index in [9.17, 15) is 14.7 Å². The fraction of sp³-hybridized carbons (Fsp3) is 0.375. The monoisotopic (exact) mass is 633 g/mol. The topological polar surface area (TPSA) is 127 Å². The lowest BCUT2D eigenvalue weighted by Gasteiger charge is -2.45. The van der Waals surface area contributed by atoms with Crippen LogP contribution in [0.2, 0.25) is 5.02 Å². The number of phenols is 1. The summed E-state index contributed by atoms with van der Waals surface area (Å²) in [5.74, 6) is -1.17. The summed E-state index contributed by atoms with van der Waals surface area (Å²) in [5.41, 5.74) is 0.711. The highest BCUT2D eigenvalue weighted by Crippen LogP contribution is 2.47. The second kappa shape index (κ2) is 11.4. The van der Waals surface area contributed by atoms with Crippen LogP contribution in [0, 0.1) is 5.82 Å². The number of carbonyl (C=O) groups excluding carboxylic acids is 1. The van der Waals surface area contributed by atoms with Gasteiger partial charge in [0.25, 0.3) is 0 Å². The highest BCUT2D eigenvalue weighted by atomic mass is 35.5. The Bertz CT molecular complexity index is 1880. The number of rotatable bonds is 5. The Morgan fingerprint density at radius 3 is 2.47 bits per heavy atom. The first-order valence-corrected chi connectivity index (χ1v) is 15.1. The molecule has 1 amide bonds. The van der Waals surface area contributed by atoms with Crippen molar-refractivity contribution in [3.63, 3.8) is 0 Å². The zero-order valence-corrected chi connectivity index (χ0v) is 26.3. The smallest absolute Gasteiger partial charge is 0.355 e. The summed E-state index contributed by atoms with van der Waals surface area (Å²) in [6.07, 6.45) is 2.73. The molecule has 1 N–H and O–H groups in total. The molecule has 13 heteroatoms. The van der Waals surface area contributed by atoms with Crippen molar-refractivity contribution in [3.05, 3.63) is 69.9 Å². The van der Waals surface area contributed by atoms with Gasteiger partial charge >= 0.3 is 5.69 Å². The van der Waals surface area contributed by atoms with E-state index in [0.29, 0.717) is 29.0 Å². The maximum Gasteiger partial charge on any atom is 0.355 e. The van der Waals surface area contributed by atoms with Gasteiger partial charge in [0.15, 0.2) is 11.4 Å². The molecule has 2 aliphatic rings. The van der Waals surface area contributed by atoms with Crippen LogP contribution in [0.3, 0.4) is 0 Å². The second-order valence-corrected chi connectivity index (χ2v) is 12.3. The molecule has 234 valence electrons. The van der Waals surface area contributed by atoms with Crippen LogP contribution in [0.5, 0.6) is 11.5 Å². The number of ether oxygens (including phenoxy) is 1. The Labute approximate surface area is 264 Å². The maximum atomic E-state index is 15.4. The number of piperazine rings is 1. The van der Waals surface area contributed by atoms with E-state index in [1.807, 2.05) is 39.5 Å².